The van der Waals surface area contributed by atoms with Crippen LogP contribution in [0.3, 0.4) is 0 Å². The van der Waals surface area contributed by atoms with Crippen LogP contribution in [0.4, 0.5) is 4.79 Å². The Bertz CT molecular complexity index is 601. The van der Waals surface area contributed by atoms with Crippen molar-refractivity contribution in [2.45, 2.75) is 44.2 Å². The maximum absolute atomic E-state index is 12.3. The molecule has 7 heteroatoms. The van der Waals surface area contributed by atoms with E-state index in [1.54, 1.807) is 4.90 Å². The third-order valence-electron chi connectivity index (χ3n) is 3.58. The van der Waals surface area contributed by atoms with Crippen LogP contribution in [0.1, 0.15) is 38.1 Å². The minimum absolute atomic E-state index is 0.110. The zero-order valence-electron chi connectivity index (χ0n) is 14.0. The van der Waals surface area contributed by atoms with Crippen molar-refractivity contribution < 1.29 is 14.3 Å². The number of carbonyl (C=O) groups excluding carboxylic acids is 2. The molecule has 1 aliphatic rings. The van der Waals surface area contributed by atoms with Crippen LogP contribution in [0.15, 0.2) is 28.7 Å². The molecule has 0 bridgehead atoms. The first-order valence-corrected chi connectivity index (χ1v) is 9.06. The average molecular weight is 418 g/mol. The van der Waals surface area contributed by atoms with Gasteiger partial charge >= 0.3 is 6.09 Å². The first kappa shape index (κ1) is 19.1. The highest BCUT2D eigenvalue weighted by Gasteiger charge is 2.31. The molecule has 2 amide bonds. The number of hydrogen-bond acceptors (Lipinski definition) is 3. The van der Waals surface area contributed by atoms with Crippen LogP contribution in [-0.2, 0) is 9.53 Å². The van der Waals surface area contributed by atoms with Crippen molar-refractivity contribution in [2.24, 2.45) is 0 Å². The number of rotatable bonds is 3. The summed E-state index contributed by atoms with van der Waals surface area (Å²) in [6, 6.07) is 7.20. The third-order valence-corrected chi connectivity index (χ3v) is 4.56. The van der Waals surface area contributed by atoms with Gasteiger partial charge in [-0.3, -0.25) is 4.79 Å². The Hall–Kier alpha value is -1.27. The van der Waals surface area contributed by atoms with E-state index in [2.05, 4.69) is 21.2 Å². The summed E-state index contributed by atoms with van der Waals surface area (Å²) in [5.41, 5.74) is 0.209. The summed E-state index contributed by atoms with van der Waals surface area (Å²) in [5.74, 6) is -0.255. The van der Waals surface area contributed by atoms with E-state index in [1.807, 2.05) is 45.0 Å². The lowest BCUT2D eigenvalue weighted by molar-refractivity contribution is -0.121. The molecule has 1 aliphatic heterocycles. The van der Waals surface area contributed by atoms with Crippen LogP contribution in [0, 0.1) is 0 Å². The molecule has 0 radical (unpaired) electrons. The van der Waals surface area contributed by atoms with Crippen molar-refractivity contribution in [2.75, 3.05) is 13.1 Å². The molecule has 1 heterocycles. The predicted octanol–water partition coefficient (Wildman–Crippen LogP) is 3.85. The molecule has 2 atom stereocenters. The molecule has 1 aromatic carbocycles. The largest absolute Gasteiger partial charge is 0.444 e. The van der Waals surface area contributed by atoms with Crippen LogP contribution in [-0.4, -0.2) is 41.6 Å². The predicted molar refractivity (Wildman–Crippen MR) is 97.1 cm³/mol. The number of nitrogens with zero attached hydrogens (tertiary/aromatic N) is 1. The molecule has 1 aromatic rings. The highest BCUT2D eigenvalue weighted by atomic mass is 79.9. The number of hydrogen-bond donors (Lipinski definition) is 1. The minimum atomic E-state index is -0.756. The topological polar surface area (TPSA) is 58.6 Å². The fraction of sp³-hybridized carbons (Fsp3) is 0.529. The van der Waals surface area contributed by atoms with Gasteiger partial charge in [-0.05, 0) is 44.9 Å². The Kier molecular flexibility index (Phi) is 6.15. The van der Waals surface area contributed by atoms with Crippen molar-refractivity contribution in [3.05, 3.63) is 34.3 Å². The fourth-order valence-electron chi connectivity index (χ4n) is 2.43. The summed E-state index contributed by atoms with van der Waals surface area (Å²) in [6.45, 7) is 6.49. The molecule has 1 saturated heterocycles. The van der Waals surface area contributed by atoms with Crippen molar-refractivity contribution in [3.63, 3.8) is 0 Å². The van der Waals surface area contributed by atoms with E-state index in [1.165, 1.54) is 0 Å². The first-order chi connectivity index (χ1) is 11.2. The van der Waals surface area contributed by atoms with Crippen LogP contribution >= 0.6 is 27.5 Å². The highest BCUT2D eigenvalue weighted by Crippen LogP contribution is 2.23. The van der Waals surface area contributed by atoms with E-state index < -0.39 is 11.0 Å². The summed E-state index contributed by atoms with van der Waals surface area (Å²) >= 11 is 9.59. The Morgan fingerprint density at radius 1 is 1.33 bits per heavy atom. The van der Waals surface area contributed by atoms with Crippen molar-refractivity contribution in [1.82, 2.24) is 10.2 Å². The van der Waals surface area contributed by atoms with Crippen molar-refractivity contribution in [3.8, 4) is 0 Å². The van der Waals surface area contributed by atoms with Gasteiger partial charge in [0.05, 0.1) is 0 Å². The van der Waals surface area contributed by atoms with Gasteiger partial charge in [0.15, 0.2) is 0 Å². The third kappa shape index (κ3) is 5.38. The van der Waals surface area contributed by atoms with Gasteiger partial charge in [-0.1, -0.05) is 28.1 Å². The van der Waals surface area contributed by atoms with Crippen LogP contribution in [0.5, 0.6) is 0 Å². The first-order valence-electron chi connectivity index (χ1n) is 7.83. The van der Waals surface area contributed by atoms with Gasteiger partial charge in [0.25, 0.3) is 0 Å². The van der Waals surface area contributed by atoms with Gasteiger partial charge in [0, 0.05) is 23.6 Å². The molecule has 0 saturated carbocycles. The lowest BCUT2D eigenvalue weighted by Crippen LogP contribution is -2.41. The Morgan fingerprint density at radius 2 is 1.96 bits per heavy atom. The normalized spacial score (nSPS) is 19.0. The molecule has 1 fully saturated rings. The molecule has 2 unspecified atom stereocenters. The molecule has 5 nitrogen and oxygen atoms in total. The molecule has 2 rings (SSSR count). The standard InChI is InChI=1S/C17H22BrClN2O3/c1-17(2,3)24-16(23)21-9-8-13(10-21)20-15(22)14(19)11-4-6-12(18)7-5-11/h4-7,13-14H,8-10H2,1-3H3,(H,20,22). The Morgan fingerprint density at radius 3 is 2.54 bits per heavy atom. The number of amides is 2. The Labute approximate surface area is 155 Å². The number of ether oxygens (including phenoxy) is 1. The summed E-state index contributed by atoms with van der Waals surface area (Å²) in [5, 5.41) is 2.15. The lowest BCUT2D eigenvalue weighted by Gasteiger charge is -2.24. The smallest absolute Gasteiger partial charge is 0.410 e. The van der Waals surface area contributed by atoms with Crippen LogP contribution < -0.4 is 5.32 Å². The molecular formula is C17H22BrClN2O3. The van der Waals surface area contributed by atoms with Crippen LogP contribution in [0.25, 0.3) is 0 Å². The quantitative estimate of drug-likeness (QED) is 0.760. The van der Waals surface area contributed by atoms with Crippen molar-refractivity contribution >= 4 is 39.5 Å². The lowest BCUT2D eigenvalue weighted by atomic mass is 10.1. The van der Waals surface area contributed by atoms with Gasteiger partial charge in [-0.25, -0.2) is 4.79 Å². The van der Waals surface area contributed by atoms with E-state index in [-0.39, 0.29) is 18.0 Å². The molecular weight excluding hydrogens is 396 g/mol. The van der Waals surface area contributed by atoms with E-state index in [4.69, 9.17) is 16.3 Å². The molecule has 1 N–H and O–H groups in total. The summed E-state index contributed by atoms with van der Waals surface area (Å²) < 4.78 is 6.28. The maximum atomic E-state index is 12.3. The van der Waals surface area contributed by atoms with E-state index in [0.29, 0.717) is 19.5 Å². The van der Waals surface area contributed by atoms with E-state index in [9.17, 15) is 9.59 Å². The number of alkyl halides is 1. The molecule has 132 valence electrons. The maximum Gasteiger partial charge on any atom is 0.410 e. The molecule has 0 spiro atoms. The van der Waals surface area contributed by atoms with E-state index >= 15 is 0 Å². The van der Waals surface area contributed by atoms with Crippen LogP contribution in [0.2, 0.25) is 0 Å². The van der Waals surface area contributed by atoms with E-state index in [0.717, 1.165) is 10.0 Å². The Balaban J connectivity index is 1.87. The van der Waals surface area contributed by atoms with Gasteiger partial charge < -0.3 is 15.0 Å². The zero-order chi connectivity index (χ0) is 17.9. The fourth-order valence-corrected chi connectivity index (χ4v) is 2.90. The number of likely N-dealkylation sites (tertiary alicyclic amines) is 1. The zero-order valence-corrected chi connectivity index (χ0v) is 16.4. The SMILES string of the molecule is CC(C)(C)OC(=O)N1CCC(NC(=O)C(Cl)c2ccc(Br)cc2)C1. The van der Waals surface area contributed by atoms with Gasteiger partial charge in [-0.15, -0.1) is 11.6 Å². The molecule has 0 aromatic heterocycles. The second kappa shape index (κ2) is 7.74. The second-order valence-corrected chi connectivity index (χ2v) is 8.19. The number of benzene rings is 1. The number of halogens is 2. The number of nitrogens with one attached hydrogen (secondary N) is 1. The van der Waals surface area contributed by atoms with Gasteiger partial charge in [0.2, 0.25) is 5.91 Å². The number of carbonyl (C=O) groups is 2. The monoisotopic (exact) mass is 416 g/mol. The summed E-state index contributed by atoms with van der Waals surface area (Å²) in [6.07, 6.45) is 0.337. The summed E-state index contributed by atoms with van der Waals surface area (Å²) in [4.78, 5) is 26.0. The van der Waals surface area contributed by atoms with Crippen molar-refractivity contribution in [1.29, 1.82) is 0 Å². The van der Waals surface area contributed by atoms with Gasteiger partial charge in [0.1, 0.15) is 11.0 Å². The molecule has 0 aliphatic carbocycles. The summed E-state index contributed by atoms with van der Waals surface area (Å²) in [7, 11) is 0. The minimum Gasteiger partial charge on any atom is -0.444 e. The molecule has 24 heavy (non-hydrogen) atoms. The second-order valence-electron chi connectivity index (χ2n) is 6.83. The van der Waals surface area contributed by atoms with Gasteiger partial charge in [-0.2, -0.15) is 0 Å². The average Bonchev–Trinajstić information content (AvgIpc) is 2.94. The highest BCUT2D eigenvalue weighted by molar-refractivity contribution is 9.10.